The van der Waals surface area contributed by atoms with Gasteiger partial charge in [0, 0.05) is 41.8 Å². The third kappa shape index (κ3) is 3.58. The molecule has 3 heterocycles. The van der Waals surface area contributed by atoms with Gasteiger partial charge in [0.05, 0.1) is 17.3 Å². The first-order chi connectivity index (χ1) is 14.3. The number of nitrogens with one attached hydrogen (secondary N) is 1. The van der Waals surface area contributed by atoms with E-state index < -0.39 is 23.9 Å². The van der Waals surface area contributed by atoms with Crippen molar-refractivity contribution >= 4 is 34.2 Å². The third-order valence-electron chi connectivity index (χ3n) is 5.24. The Morgan fingerprint density at radius 3 is 2.87 bits per heavy atom. The quantitative estimate of drug-likeness (QED) is 0.588. The summed E-state index contributed by atoms with van der Waals surface area (Å²) in [5.41, 5.74) is 1.70. The number of halogens is 4. The molecule has 1 amide bonds. The van der Waals surface area contributed by atoms with E-state index >= 15 is 0 Å². The Morgan fingerprint density at radius 2 is 2.13 bits per heavy atom. The van der Waals surface area contributed by atoms with Gasteiger partial charge in [0.2, 0.25) is 18.0 Å². The van der Waals surface area contributed by atoms with Crippen LogP contribution in [-0.2, 0) is 13.0 Å². The van der Waals surface area contributed by atoms with Crippen molar-refractivity contribution in [3.63, 3.8) is 0 Å². The Bertz CT molecular complexity index is 1140. The number of aromatic amines is 1. The number of nitrogens with zero attached hydrogens (tertiary/aromatic N) is 2. The van der Waals surface area contributed by atoms with Crippen molar-refractivity contribution in [2.24, 2.45) is 5.92 Å². The molecule has 0 aliphatic carbocycles. The average molecular weight is 440 g/mol. The summed E-state index contributed by atoms with van der Waals surface area (Å²) in [6.07, 6.45) is -2.64. The number of H-pyrrole nitrogens is 1. The lowest BCUT2D eigenvalue weighted by Crippen LogP contribution is -2.36. The highest BCUT2D eigenvalue weighted by molar-refractivity contribution is 6.35. The number of Topliss-reactive ketones (excluding diaryl/α,β-unsaturated/α-hetero) is 1. The fourth-order valence-electron chi connectivity index (χ4n) is 3.51. The van der Waals surface area contributed by atoms with E-state index in [2.05, 4.69) is 10.1 Å². The van der Waals surface area contributed by atoms with Gasteiger partial charge in [-0.15, -0.1) is 0 Å². The molecule has 0 bridgehead atoms. The van der Waals surface area contributed by atoms with Gasteiger partial charge in [-0.05, 0) is 18.2 Å². The van der Waals surface area contributed by atoms with Crippen molar-refractivity contribution < 1.29 is 27.3 Å². The van der Waals surface area contributed by atoms with Gasteiger partial charge in [0.1, 0.15) is 11.5 Å². The van der Waals surface area contributed by atoms with Crippen LogP contribution in [0.5, 0.6) is 0 Å². The molecular formula is C20H17ClF3N3O3. The van der Waals surface area contributed by atoms with Gasteiger partial charge in [-0.2, -0.15) is 0 Å². The molecule has 158 valence electrons. The van der Waals surface area contributed by atoms with E-state index in [1.807, 2.05) is 0 Å². The first-order valence-electron chi connectivity index (χ1n) is 9.31. The molecule has 0 spiro atoms. The highest BCUT2D eigenvalue weighted by atomic mass is 35.5. The average Bonchev–Trinajstić information content (AvgIpc) is 3.34. The van der Waals surface area contributed by atoms with Crippen LogP contribution in [0.4, 0.5) is 13.2 Å². The Balaban J connectivity index is 1.57. The number of carbonyl (C=O) groups excluding carboxylic acids is 2. The van der Waals surface area contributed by atoms with E-state index in [0.717, 1.165) is 0 Å². The van der Waals surface area contributed by atoms with Crippen molar-refractivity contribution in [2.75, 3.05) is 6.54 Å². The molecule has 0 radical (unpaired) electrons. The molecule has 0 saturated heterocycles. The maximum Gasteiger partial charge on any atom is 0.270 e. The minimum atomic E-state index is -2.62. The second-order valence-corrected chi connectivity index (χ2v) is 7.74. The van der Waals surface area contributed by atoms with Gasteiger partial charge in [-0.3, -0.25) is 9.59 Å². The fourth-order valence-corrected chi connectivity index (χ4v) is 3.73. The number of alkyl halides is 2. The number of carbonyl (C=O) groups is 2. The molecule has 0 fully saturated rings. The fraction of sp³-hybridized carbons (Fsp3) is 0.350. The van der Waals surface area contributed by atoms with Crippen LogP contribution in [0.25, 0.3) is 10.9 Å². The zero-order valence-electron chi connectivity index (χ0n) is 15.8. The number of hydrogen-bond donors (Lipinski definition) is 1. The van der Waals surface area contributed by atoms with Crippen LogP contribution < -0.4 is 0 Å². The van der Waals surface area contributed by atoms with Crippen LogP contribution in [0.15, 0.2) is 22.7 Å². The summed E-state index contributed by atoms with van der Waals surface area (Å²) in [7, 11) is 0. The van der Waals surface area contributed by atoms with Gasteiger partial charge < -0.3 is 14.4 Å². The Kier molecular flexibility index (Phi) is 5.31. The molecule has 1 aromatic carbocycles. The van der Waals surface area contributed by atoms with Gasteiger partial charge in [0.25, 0.3) is 5.91 Å². The lowest BCUT2D eigenvalue weighted by molar-refractivity contribution is 0.0669. The maximum absolute atomic E-state index is 13.7. The Morgan fingerprint density at radius 1 is 1.37 bits per heavy atom. The van der Waals surface area contributed by atoms with Gasteiger partial charge in [-0.25, -0.2) is 13.2 Å². The van der Waals surface area contributed by atoms with Crippen molar-refractivity contribution in [1.82, 2.24) is 15.0 Å². The van der Waals surface area contributed by atoms with E-state index in [0.29, 0.717) is 35.1 Å². The van der Waals surface area contributed by atoms with Crippen molar-refractivity contribution in [3.8, 4) is 0 Å². The molecule has 4 rings (SSSR count). The van der Waals surface area contributed by atoms with Gasteiger partial charge in [0.15, 0.2) is 0 Å². The lowest BCUT2D eigenvalue weighted by Gasteiger charge is -2.25. The number of benzene rings is 1. The molecule has 3 aromatic rings. The minimum Gasteiger partial charge on any atom is -0.352 e. The molecule has 10 heteroatoms. The van der Waals surface area contributed by atoms with Crippen LogP contribution in [0.2, 0.25) is 5.02 Å². The summed E-state index contributed by atoms with van der Waals surface area (Å²) in [5.74, 6) is -2.73. The molecule has 2 aromatic heterocycles. The molecular weight excluding hydrogens is 423 g/mol. The zero-order valence-corrected chi connectivity index (χ0v) is 16.6. The van der Waals surface area contributed by atoms with Crippen molar-refractivity contribution in [2.45, 2.75) is 32.7 Å². The number of fused-ring (bicyclic) bond motifs is 2. The Labute approximate surface area is 174 Å². The number of amides is 1. The number of hydrogen-bond acceptors (Lipinski definition) is 4. The predicted octanol–water partition coefficient (Wildman–Crippen LogP) is 4.62. The van der Waals surface area contributed by atoms with Crippen molar-refractivity contribution in [1.29, 1.82) is 0 Å². The molecule has 0 unspecified atom stereocenters. The van der Waals surface area contributed by atoms with E-state index in [1.54, 1.807) is 0 Å². The van der Waals surface area contributed by atoms with Crippen LogP contribution in [0.3, 0.4) is 0 Å². The van der Waals surface area contributed by atoms with Gasteiger partial charge in [-0.1, -0.05) is 23.7 Å². The van der Waals surface area contributed by atoms with Crippen LogP contribution >= 0.6 is 11.6 Å². The molecule has 30 heavy (non-hydrogen) atoms. The van der Waals surface area contributed by atoms with E-state index in [9.17, 15) is 22.8 Å². The second kappa shape index (κ2) is 7.79. The summed E-state index contributed by atoms with van der Waals surface area (Å²) in [6, 6.07) is 4.17. The van der Waals surface area contributed by atoms with E-state index in [1.165, 1.54) is 30.0 Å². The van der Waals surface area contributed by atoms with Gasteiger partial charge >= 0.3 is 0 Å². The second-order valence-electron chi connectivity index (χ2n) is 7.36. The number of aromatic nitrogens is 2. The molecule has 0 saturated carbocycles. The third-order valence-corrected chi connectivity index (χ3v) is 5.62. The molecule has 6 nitrogen and oxygen atoms in total. The van der Waals surface area contributed by atoms with Crippen molar-refractivity contribution in [3.05, 3.63) is 51.8 Å². The largest absolute Gasteiger partial charge is 0.352 e. The summed E-state index contributed by atoms with van der Waals surface area (Å²) in [6.45, 7) is 1.67. The summed E-state index contributed by atoms with van der Waals surface area (Å²) in [4.78, 5) is 29.8. The molecule has 1 aliphatic rings. The highest BCUT2D eigenvalue weighted by Crippen LogP contribution is 2.29. The standard InChI is InChI=1S/C20H17ClF3N3O3/c1-9(19(23)24)6-16(28)18-11-8-27(5-4-14(11)26-30-18)20(29)15-7-10-13(25-15)3-2-12(22)17(10)21/h2-3,7,9,19,25H,4-6,8H2,1H3/t9-/m0/s1. The highest BCUT2D eigenvalue weighted by Gasteiger charge is 2.32. The normalized spacial score (nSPS) is 14.9. The first-order valence-corrected chi connectivity index (χ1v) is 9.68. The summed E-state index contributed by atoms with van der Waals surface area (Å²) >= 11 is 5.97. The predicted molar refractivity (Wildman–Crippen MR) is 102 cm³/mol. The van der Waals surface area contributed by atoms with Crippen LogP contribution in [0.1, 0.15) is 45.6 Å². The molecule has 1 N–H and O–H groups in total. The van der Waals surface area contributed by atoms with Crippen LogP contribution in [0, 0.1) is 11.7 Å². The van der Waals surface area contributed by atoms with E-state index in [-0.39, 0.29) is 35.3 Å². The lowest BCUT2D eigenvalue weighted by atomic mass is 9.98. The molecule has 1 atom stereocenters. The SMILES string of the molecule is C[C@@H](CC(=O)c1onc2c1CN(C(=O)c1cc3c(Cl)c(F)ccc3[nH]1)CC2)C(F)F. The topological polar surface area (TPSA) is 79.2 Å². The smallest absolute Gasteiger partial charge is 0.270 e. The Hall–Kier alpha value is -2.81. The summed E-state index contributed by atoms with van der Waals surface area (Å²) in [5, 5.41) is 4.17. The van der Waals surface area contributed by atoms with Crippen LogP contribution in [-0.4, -0.2) is 39.7 Å². The number of rotatable bonds is 5. The van der Waals surface area contributed by atoms with E-state index in [4.69, 9.17) is 16.1 Å². The first kappa shape index (κ1) is 20.5. The molecule has 1 aliphatic heterocycles. The zero-order chi connectivity index (χ0) is 21.6. The number of ketones is 1. The summed E-state index contributed by atoms with van der Waals surface area (Å²) < 4.78 is 44.3. The minimum absolute atomic E-state index is 0.0548. The maximum atomic E-state index is 13.7. The monoisotopic (exact) mass is 439 g/mol.